The number of hydrogen-bond donors (Lipinski definition) is 3. The van der Waals surface area contributed by atoms with Crippen LogP contribution in [-0.4, -0.2) is 49.0 Å². The fourth-order valence-electron chi connectivity index (χ4n) is 2.02. The predicted octanol–water partition coefficient (Wildman–Crippen LogP) is 0.0933. The zero-order valence-corrected chi connectivity index (χ0v) is 13.3. The molecule has 10 nitrogen and oxygen atoms in total. The van der Waals surface area contributed by atoms with Crippen LogP contribution < -0.4 is 10.6 Å². The Balaban J connectivity index is 2.06. The zero-order chi connectivity index (χ0) is 17.7. The molecule has 3 N–H and O–H groups in total. The molecule has 0 aromatic carbocycles. The summed E-state index contributed by atoms with van der Waals surface area (Å²) in [6, 6.07) is 1.29. The van der Waals surface area contributed by atoms with Crippen molar-refractivity contribution in [1.82, 2.24) is 24.9 Å². The van der Waals surface area contributed by atoms with Gasteiger partial charge in [-0.25, -0.2) is 4.79 Å². The summed E-state index contributed by atoms with van der Waals surface area (Å²) < 4.78 is 2.57. The van der Waals surface area contributed by atoms with Gasteiger partial charge in [-0.2, -0.15) is 10.2 Å². The second-order valence-corrected chi connectivity index (χ2v) is 5.04. The number of carbonyl (C=O) groups is 3. The average molecular weight is 334 g/mol. The first-order chi connectivity index (χ1) is 11.4. The Labute approximate surface area is 137 Å². The smallest absolute Gasteiger partial charge is 0.356 e. The van der Waals surface area contributed by atoms with E-state index in [1.807, 2.05) is 6.92 Å². The number of aromatic carboxylic acids is 1. The van der Waals surface area contributed by atoms with Crippen LogP contribution in [0.2, 0.25) is 0 Å². The number of carbonyl (C=O) groups excluding carboxylic acids is 2. The van der Waals surface area contributed by atoms with Crippen LogP contribution in [0.4, 0.5) is 5.69 Å². The van der Waals surface area contributed by atoms with E-state index in [2.05, 4.69) is 20.8 Å². The number of aryl methyl sites for hydroxylation is 1. The van der Waals surface area contributed by atoms with Crippen molar-refractivity contribution >= 4 is 23.5 Å². The van der Waals surface area contributed by atoms with E-state index in [4.69, 9.17) is 5.11 Å². The van der Waals surface area contributed by atoms with Crippen molar-refractivity contribution in [3.8, 4) is 0 Å². The fourth-order valence-corrected chi connectivity index (χ4v) is 2.02. The monoisotopic (exact) mass is 334 g/mol. The zero-order valence-electron chi connectivity index (χ0n) is 13.3. The highest BCUT2D eigenvalue weighted by Crippen LogP contribution is 2.14. The largest absolute Gasteiger partial charge is 0.476 e. The van der Waals surface area contributed by atoms with Gasteiger partial charge in [-0.1, -0.05) is 6.92 Å². The molecular formula is C14H18N6O4. The maximum atomic E-state index is 12.1. The maximum Gasteiger partial charge on any atom is 0.356 e. The summed E-state index contributed by atoms with van der Waals surface area (Å²) in [7, 11) is 1.60. The second-order valence-electron chi connectivity index (χ2n) is 5.04. The van der Waals surface area contributed by atoms with Crippen LogP contribution in [0.25, 0.3) is 0 Å². The lowest BCUT2D eigenvalue weighted by molar-refractivity contribution is -0.116. The number of carboxylic acid groups (broad SMARTS) is 1. The summed E-state index contributed by atoms with van der Waals surface area (Å²) in [6.07, 6.45) is 3.56. The van der Waals surface area contributed by atoms with Gasteiger partial charge in [0.05, 0.1) is 11.9 Å². The number of amides is 2. The van der Waals surface area contributed by atoms with Gasteiger partial charge in [-0.3, -0.25) is 19.0 Å². The van der Waals surface area contributed by atoms with E-state index in [-0.39, 0.29) is 29.5 Å². The van der Waals surface area contributed by atoms with Gasteiger partial charge < -0.3 is 15.7 Å². The third-order valence-corrected chi connectivity index (χ3v) is 3.13. The molecule has 24 heavy (non-hydrogen) atoms. The number of nitrogens with zero attached hydrogens (tertiary/aromatic N) is 4. The molecule has 0 bridgehead atoms. The molecule has 0 aliphatic rings. The molecule has 0 aliphatic carbocycles. The minimum atomic E-state index is -1.17. The summed E-state index contributed by atoms with van der Waals surface area (Å²) in [4.78, 5) is 35.0. The Morgan fingerprint density at radius 1 is 1.33 bits per heavy atom. The Morgan fingerprint density at radius 3 is 2.71 bits per heavy atom. The van der Waals surface area contributed by atoms with Gasteiger partial charge in [0.25, 0.3) is 5.91 Å². The molecule has 0 fully saturated rings. The van der Waals surface area contributed by atoms with Crippen LogP contribution in [0.15, 0.2) is 18.5 Å². The van der Waals surface area contributed by atoms with Gasteiger partial charge in [0.15, 0.2) is 5.69 Å². The first-order valence-electron chi connectivity index (χ1n) is 7.29. The molecule has 0 saturated heterocycles. The Hall–Kier alpha value is -3.17. The third-order valence-electron chi connectivity index (χ3n) is 3.13. The molecule has 0 spiro atoms. The van der Waals surface area contributed by atoms with Crippen LogP contribution in [0.5, 0.6) is 0 Å². The average Bonchev–Trinajstić information content (AvgIpc) is 3.12. The van der Waals surface area contributed by atoms with E-state index in [1.165, 1.54) is 27.8 Å². The summed E-state index contributed by atoms with van der Waals surface area (Å²) in [5, 5.41) is 21.8. The predicted molar refractivity (Wildman–Crippen MR) is 83.6 cm³/mol. The molecule has 0 unspecified atom stereocenters. The van der Waals surface area contributed by atoms with E-state index >= 15 is 0 Å². The molecule has 0 saturated carbocycles. The Kier molecular flexibility index (Phi) is 5.30. The number of rotatable bonds is 7. The maximum absolute atomic E-state index is 12.1. The first-order valence-corrected chi connectivity index (χ1v) is 7.29. The topological polar surface area (TPSA) is 131 Å². The number of carboxylic acids is 1. The molecule has 2 rings (SSSR count). The van der Waals surface area contributed by atoms with Crippen molar-refractivity contribution in [3.05, 3.63) is 29.8 Å². The molecule has 0 radical (unpaired) electrons. The van der Waals surface area contributed by atoms with Crippen LogP contribution in [-0.2, 0) is 18.4 Å². The SMILES string of the molecule is CCCNC(=O)c1c(NC(=O)Cn2ccc(C(=O)O)n2)cnn1C. The van der Waals surface area contributed by atoms with Crippen molar-refractivity contribution in [3.63, 3.8) is 0 Å². The lowest BCUT2D eigenvalue weighted by atomic mass is 10.3. The number of nitrogens with one attached hydrogen (secondary N) is 2. The van der Waals surface area contributed by atoms with E-state index in [1.54, 1.807) is 7.05 Å². The third kappa shape index (κ3) is 3.97. The van der Waals surface area contributed by atoms with E-state index < -0.39 is 11.9 Å². The normalized spacial score (nSPS) is 10.4. The lowest BCUT2D eigenvalue weighted by Gasteiger charge is -2.08. The molecule has 0 atom stereocenters. The lowest BCUT2D eigenvalue weighted by Crippen LogP contribution is -2.28. The molecular weight excluding hydrogens is 316 g/mol. The van der Waals surface area contributed by atoms with E-state index in [0.29, 0.717) is 6.54 Å². The molecule has 128 valence electrons. The molecule has 2 aromatic rings. The first kappa shape index (κ1) is 17.2. The minimum Gasteiger partial charge on any atom is -0.476 e. The highest BCUT2D eigenvalue weighted by atomic mass is 16.4. The molecule has 10 heteroatoms. The molecule has 0 aliphatic heterocycles. The Morgan fingerprint density at radius 2 is 2.08 bits per heavy atom. The van der Waals surface area contributed by atoms with Crippen LogP contribution in [0.1, 0.15) is 34.3 Å². The fraction of sp³-hybridized carbons (Fsp3) is 0.357. The highest BCUT2D eigenvalue weighted by molar-refractivity contribution is 6.02. The molecule has 2 aromatic heterocycles. The second kappa shape index (κ2) is 7.40. The van der Waals surface area contributed by atoms with Gasteiger partial charge in [0, 0.05) is 19.8 Å². The van der Waals surface area contributed by atoms with E-state index in [9.17, 15) is 14.4 Å². The standard InChI is InChI=1S/C14H18N6O4/c1-3-5-15-13(22)12-10(7-16-19(12)2)17-11(21)8-20-6-4-9(18-20)14(23)24/h4,6-7H,3,5,8H2,1-2H3,(H,15,22)(H,17,21)(H,23,24). The summed E-state index contributed by atoms with van der Waals surface area (Å²) in [5.74, 6) is -1.96. The van der Waals surface area contributed by atoms with Crippen LogP contribution in [0.3, 0.4) is 0 Å². The van der Waals surface area contributed by atoms with E-state index in [0.717, 1.165) is 6.42 Å². The minimum absolute atomic E-state index is 0.149. The number of anilines is 1. The van der Waals surface area contributed by atoms with Crippen LogP contribution in [0, 0.1) is 0 Å². The summed E-state index contributed by atoms with van der Waals surface area (Å²) >= 11 is 0. The van der Waals surface area contributed by atoms with Crippen LogP contribution >= 0.6 is 0 Å². The van der Waals surface area contributed by atoms with Crippen molar-refractivity contribution in [2.45, 2.75) is 19.9 Å². The van der Waals surface area contributed by atoms with Gasteiger partial charge in [0.2, 0.25) is 5.91 Å². The number of aromatic nitrogens is 4. The van der Waals surface area contributed by atoms with Gasteiger partial charge >= 0.3 is 5.97 Å². The molecule has 2 amide bonds. The van der Waals surface area contributed by atoms with Crippen molar-refractivity contribution in [2.24, 2.45) is 7.05 Å². The molecule has 2 heterocycles. The Bertz CT molecular complexity index is 763. The van der Waals surface area contributed by atoms with Gasteiger partial charge in [-0.15, -0.1) is 0 Å². The quantitative estimate of drug-likeness (QED) is 0.658. The van der Waals surface area contributed by atoms with Crippen molar-refractivity contribution < 1.29 is 19.5 Å². The summed E-state index contributed by atoms with van der Waals surface area (Å²) in [5.41, 5.74) is 0.369. The van der Waals surface area contributed by atoms with Gasteiger partial charge in [0.1, 0.15) is 12.2 Å². The van der Waals surface area contributed by atoms with Crippen molar-refractivity contribution in [2.75, 3.05) is 11.9 Å². The highest BCUT2D eigenvalue weighted by Gasteiger charge is 2.18. The van der Waals surface area contributed by atoms with Gasteiger partial charge in [-0.05, 0) is 12.5 Å². The number of hydrogen-bond acceptors (Lipinski definition) is 5. The van der Waals surface area contributed by atoms with Crippen molar-refractivity contribution in [1.29, 1.82) is 0 Å². The summed E-state index contributed by atoms with van der Waals surface area (Å²) in [6.45, 7) is 2.27.